The van der Waals surface area contributed by atoms with Gasteiger partial charge in [-0.2, -0.15) is 10.2 Å². The van der Waals surface area contributed by atoms with Gasteiger partial charge in [-0.3, -0.25) is 0 Å². The maximum absolute atomic E-state index is 8.91. The van der Waals surface area contributed by atoms with Crippen LogP contribution >= 0.6 is 0 Å². The molecule has 3 aromatic rings. The second-order valence-electron chi connectivity index (χ2n) is 7.45. The molecule has 0 atom stereocenters. The zero-order valence-electron chi connectivity index (χ0n) is 16.0. The van der Waals surface area contributed by atoms with E-state index in [0.29, 0.717) is 17.3 Å². The summed E-state index contributed by atoms with van der Waals surface area (Å²) < 4.78 is 0. The van der Waals surface area contributed by atoms with E-state index in [1.165, 1.54) is 5.56 Å². The lowest BCUT2D eigenvalue weighted by atomic mass is 9.86. The number of benzene rings is 2. The molecule has 0 fully saturated rings. The lowest BCUT2D eigenvalue weighted by molar-refractivity contribution is 0.592. The lowest BCUT2D eigenvalue weighted by Crippen LogP contribution is -2.14. The molecule has 1 aromatic heterocycles. The van der Waals surface area contributed by atoms with Gasteiger partial charge >= 0.3 is 0 Å². The van der Waals surface area contributed by atoms with Crippen molar-refractivity contribution in [3.63, 3.8) is 0 Å². The van der Waals surface area contributed by atoms with Gasteiger partial charge in [0.25, 0.3) is 0 Å². The van der Waals surface area contributed by atoms with E-state index in [9.17, 15) is 0 Å². The van der Waals surface area contributed by atoms with Gasteiger partial charge < -0.3 is 10.6 Å². The molecule has 0 amide bonds. The average Bonchev–Trinajstić information content (AvgIpc) is 2.61. The highest BCUT2D eigenvalue weighted by atomic mass is 15.1. The molecule has 0 unspecified atom stereocenters. The minimum atomic E-state index is 0.0109. The van der Waals surface area contributed by atoms with Crippen LogP contribution in [0.25, 0.3) is 0 Å². The quantitative estimate of drug-likeness (QED) is 0.650. The fraction of sp³-hybridized carbons (Fsp3) is 0.227. The van der Waals surface area contributed by atoms with Crippen molar-refractivity contribution in [2.45, 2.75) is 33.1 Å². The molecular formula is C22H23N5. The fourth-order valence-electron chi connectivity index (χ4n) is 2.83. The Balaban J connectivity index is 1.87. The normalized spacial score (nSPS) is 10.9. The van der Waals surface area contributed by atoms with Crippen LogP contribution in [0, 0.1) is 18.3 Å². The summed E-state index contributed by atoms with van der Waals surface area (Å²) in [7, 11) is 0. The van der Waals surface area contributed by atoms with Gasteiger partial charge in [-0.25, -0.2) is 4.98 Å². The van der Waals surface area contributed by atoms with Gasteiger partial charge in [0.2, 0.25) is 5.95 Å². The maximum atomic E-state index is 8.91. The molecule has 0 saturated carbocycles. The second kappa shape index (κ2) is 7.46. The third kappa shape index (κ3) is 4.62. The van der Waals surface area contributed by atoms with Crippen LogP contribution in [-0.2, 0) is 5.41 Å². The van der Waals surface area contributed by atoms with Gasteiger partial charge in [0, 0.05) is 23.1 Å². The van der Waals surface area contributed by atoms with Crippen molar-refractivity contribution in [1.82, 2.24) is 9.97 Å². The Kier molecular flexibility index (Phi) is 5.09. The number of nitriles is 1. The average molecular weight is 357 g/mol. The fourth-order valence-corrected chi connectivity index (χ4v) is 2.83. The predicted molar refractivity (Wildman–Crippen MR) is 110 cm³/mol. The number of hydrogen-bond donors (Lipinski definition) is 2. The van der Waals surface area contributed by atoms with E-state index in [0.717, 1.165) is 17.1 Å². The summed E-state index contributed by atoms with van der Waals surface area (Å²) in [5.41, 5.74) is 4.57. The minimum Gasteiger partial charge on any atom is -0.340 e. The number of para-hydroxylation sites is 1. The molecule has 0 aliphatic rings. The maximum Gasteiger partial charge on any atom is 0.229 e. The van der Waals surface area contributed by atoms with Crippen LogP contribution in [0.3, 0.4) is 0 Å². The smallest absolute Gasteiger partial charge is 0.229 e. The van der Waals surface area contributed by atoms with E-state index >= 15 is 0 Å². The summed E-state index contributed by atoms with van der Waals surface area (Å²) in [6.45, 7) is 8.49. The van der Waals surface area contributed by atoms with E-state index < -0.39 is 0 Å². The molecular weight excluding hydrogens is 334 g/mol. The topological polar surface area (TPSA) is 73.6 Å². The van der Waals surface area contributed by atoms with Crippen molar-refractivity contribution >= 4 is 23.1 Å². The van der Waals surface area contributed by atoms with Crippen LogP contribution in [0.4, 0.5) is 23.1 Å². The molecule has 3 rings (SSSR count). The zero-order valence-corrected chi connectivity index (χ0v) is 16.0. The molecule has 0 saturated heterocycles. The first kappa shape index (κ1) is 18.4. The van der Waals surface area contributed by atoms with Crippen molar-refractivity contribution in [1.29, 1.82) is 5.26 Å². The summed E-state index contributed by atoms with van der Waals surface area (Å²) in [6, 6.07) is 19.5. The Morgan fingerprint density at radius 1 is 0.926 bits per heavy atom. The third-order valence-electron chi connectivity index (χ3n) is 4.12. The number of nitrogens with one attached hydrogen (secondary N) is 2. The summed E-state index contributed by atoms with van der Waals surface area (Å²) in [6.07, 6.45) is 0. The van der Waals surface area contributed by atoms with Gasteiger partial charge in [-0.1, -0.05) is 39.0 Å². The first-order chi connectivity index (χ1) is 12.8. The molecule has 5 nitrogen and oxygen atoms in total. The SMILES string of the molecule is Cc1cc(Nc2ccc(C#N)cc2)nc(Nc2ccccc2C(C)(C)C)n1. The van der Waals surface area contributed by atoms with Crippen LogP contribution in [0.2, 0.25) is 0 Å². The van der Waals surface area contributed by atoms with Gasteiger partial charge in [0.05, 0.1) is 11.6 Å². The van der Waals surface area contributed by atoms with Crippen molar-refractivity contribution < 1.29 is 0 Å². The Labute approximate surface area is 160 Å². The van der Waals surface area contributed by atoms with Crippen molar-refractivity contribution in [2.75, 3.05) is 10.6 Å². The molecule has 1 heterocycles. The predicted octanol–water partition coefficient (Wildman–Crippen LogP) is 5.44. The van der Waals surface area contributed by atoms with Gasteiger partial charge in [0.1, 0.15) is 5.82 Å². The summed E-state index contributed by atoms with van der Waals surface area (Å²) in [5, 5.41) is 15.5. The van der Waals surface area contributed by atoms with E-state index in [1.54, 1.807) is 12.1 Å². The molecule has 0 radical (unpaired) electrons. The second-order valence-corrected chi connectivity index (χ2v) is 7.45. The molecule has 0 aliphatic heterocycles. The number of rotatable bonds is 4. The zero-order chi connectivity index (χ0) is 19.4. The van der Waals surface area contributed by atoms with Gasteiger partial charge in [-0.05, 0) is 48.2 Å². The van der Waals surface area contributed by atoms with Crippen molar-refractivity contribution in [3.05, 3.63) is 71.4 Å². The van der Waals surface area contributed by atoms with Crippen molar-refractivity contribution in [2.24, 2.45) is 0 Å². The van der Waals surface area contributed by atoms with Crippen LogP contribution in [0.15, 0.2) is 54.6 Å². The first-order valence-corrected chi connectivity index (χ1v) is 8.84. The number of hydrogen-bond acceptors (Lipinski definition) is 5. The molecule has 0 bridgehead atoms. The number of aryl methyl sites for hydroxylation is 1. The van der Waals surface area contributed by atoms with Crippen LogP contribution < -0.4 is 10.6 Å². The standard InChI is InChI=1S/C22H23N5/c1-15-13-20(25-17-11-9-16(14-23)10-12-17)27-21(24-15)26-19-8-6-5-7-18(19)22(2,3)4/h5-13H,1-4H3,(H2,24,25,26,27). The molecule has 2 aromatic carbocycles. The Morgan fingerprint density at radius 3 is 2.30 bits per heavy atom. The van der Waals surface area contributed by atoms with Crippen LogP contribution in [0.1, 0.15) is 37.6 Å². The Bertz CT molecular complexity index is 979. The van der Waals surface area contributed by atoms with E-state index in [4.69, 9.17) is 5.26 Å². The third-order valence-corrected chi connectivity index (χ3v) is 4.12. The summed E-state index contributed by atoms with van der Waals surface area (Å²) in [5.74, 6) is 1.24. The van der Waals surface area contributed by atoms with E-state index in [2.05, 4.69) is 53.5 Å². The highest BCUT2D eigenvalue weighted by molar-refractivity contribution is 5.63. The Hall–Kier alpha value is -3.39. The highest BCUT2D eigenvalue weighted by Gasteiger charge is 2.18. The number of nitrogens with zero attached hydrogens (tertiary/aromatic N) is 3. The number of aromatic nitrogens is 2. The summed E-state index contributed by atoms with van der Waals surface area (Å²) in [4.78, 5) is 9.11. The molecule has 0 aliphatic carbocycles. The number of anilines is 4. The lowest BCUT2D eigenvalue weighted by Gasteiger charge is -2.23. The van der Waals surface area contributed by atoms with Crippen LogP contribution in [-0.4, -0.2) is 9.97 Å². The largest absolute Gasteiger partial charge is 0.340 e. The molecule has 2 N–H and O–H groups in total. The van der Waals surface area contributed by atoms with Crippen LogP contribution in [0.5, 0.6) is 0 Å². The monoisotopic (exact) mass is 357 g/mol. The highest BCUT2D eigenvalue weighted by Crippen LogP contribution is 2.31. The molecule has 0 spiro atoms. The molecule has 5 heteroatoms. The van der Waals surface area contributed by atoms with E-state index in [-0.39, 0.29) is 5.41 Å². The van der Waals surface area contributed by atoms with Gasteiger partial charge in [-0.15, -0.1) is 0 Å². The molecule has 27 heavy (non-hydrogen) atoms. The first-order valence-electron chi connectivity index (χ1n) is 8.84. The van der Waals surface area contributed by atoms with Crippen molar-refractivity contribution in [3.8, 4) is 6.07 Å². The molecule has 136 valence electrons. The minimum absolute atomic E-state index is 0.0109. The van der Waals surface area contributed by atoms with E-state index in [1.807, 2.05) is 43.3 Å². The Morgan fingerprint density at radius 2 is 1.63 bits per heavy atom. The summed E-state index contributed by atoms with van der Waals surface area (Å²) >= 11 is 0. The van der Waals surface area contributed by atoms with Gasteiger partial charge in [0.15, 0.2) is 0 Å².